The van der Waals surface area contributed by atoms with Crippen molar-refractivity contribution in [3.63, 3.8) is 0 Å². The number of benzene rings is 3. The Bertz CT molecular complexity index is 1530. The average molecular weight is 476 g/mol. The lowest BCUT2D eigenvalue weighted by molar-refractivity contribution is 0.123. The van der Waals surface area contributed by atoms with Gasteiger partial charge in [-0.05, 0) is 81.1 Å². The Balaban J connectivity index is 1.60. The predicted octanol–water partition coefficient (Wildman–Crippen LogP) is 5.78. The summed E-state index contributed by atoms with van der Waals surface area (Å²) in [5, 5.41) is 14.4. The van der Waals surface area contributed by atoms with Crippen molar-refractivity contribution in [2.45, 2.75) is 44.8 Å². The number of para-hydroxylation sites is 2. The molecule has 6 nitrogen and oxygen atoms in total. The molecule has 2 heterocycles. The second-order valence-corrected chi connectivity index (χ2v) is 9.59. The van der Waals surface area contributed by atoms with Crippen LogP contribution in [0.2, 0.25) is 0 Å². The first kappa shape index (κ1) is 22.4. The summed E-state index contributed by atoms with van der Waals surface area (Å²) in [6, 6.07) is 25.2. The predicted molar refractivity (Wildman–Crippen MR) is 144 cm³/mol. The highest BCUT2D eigenvalue weighted by Gasteiger charge is 2.20. The number of aliphatic hydroxyl groups is 1. The van der Waals surface area contributed by atoms with Gasteiger partial charge in [-0.3, -0.25) is 9.98 Å². The Morgan fingerprint density at radius 2 is 1.75 bits per heavy atom. The van der Waals surface area contributed by atoms with E-state index < -0.39 is 0 Å². The molecule has 0 saturated heterocycles. The Morgan fingerprint density at radius 1 is 0.944 bits per heavy atom. The van der Waals surface area contributed by atoms with Gasteiger partial charge in [-0.15, -0.1) is 0 Å². The van der Waals surface area contributed by atoms with Crippen molar-refractivity contribution in [2.75, 3.05) is 5.32 Å². The molecule has 0 spiro atoms. The van der Waals surface area contributed by atoms with Crippen molar-refractivity contribution in [1.82, 2.24) is 14.5 Å². The number of anilines is 2. The monoisotopic (exact) mass is 475 g/mol. The van der Waals surface area contributed by atoms with Crippen molar-refractivity contribution in [2.24, 2.45) is 4.99 Å². The van der Waals surface area contributed by atoms with E-state index in [1.54, 1.807) is 6.20 Å². The van der Waals surface area contributed by atoms with Crippen molar-refractivity contribution in [1.29, 1.82) is 0 Å². The van der Waals surface area contributed by atoms with Crippen LogP contribution in [-0.2, 0) is 0 Å². The van der Waals surface area contributed by atoms with Crippen LogP contribution in [0.3, 0.4) is 0 Å². The summed E-state index contributed by atoms with van der Waals surface area (Å²) in [6.45, 7) is 2.10. The maximum atomic E-state index is 9.99. The molecule has 0 radical (unpaired) electrons. The maximum Gasteiger partial charge on any atom is 0.0900 e. The third-order valence-corrected chi connectivity index (χ3v) is 6.92. The summed E-state index contributed by atoms with van der Waals surface area (Å²) >= 11 is 0. The first-order valence-corrected chi connectivity index (χ1v) is 12.6. The normalized spacial score (nSPS) is 18.6. The lowest BCUT2D eigenvalue weighted by atomic mass is 9.93. The molecule has 1 aliphatic heterocycles. The maximum absolute atomic E-state index is 9.99. The van der Waals surface area contributed by atoms with Crippen LogP contribution in [0.5, 0.6) is 0 Å². The van der Waals surface area contributed by atoms with Gasteiger partial charge in [0.05, 0.1) is 57.5 Å². The lowest BCUT2D eigenvalue weighted by Crippen LogP contribution is -2.24. The fourth-order valence-electron chi connectivity index (χ4n) is 5.00. The molecule has 1 aromatic heterocycles. The van der Waals surface area contributed by atoms with Gasteiger partial charge < -0.3 is 15.0 Å². The van der Waals surface area contributed by atoms with Crippen LogP contribution < -0.4 is 10.7 Å². The number of pyridine rings is 1. The van der Waals surface area contributed by atoms with Gasteiger partial charge in [-0.1, -0.05) is 29.8 Å². The van der Waals surface area contributed by atoms with Crippen molar-refractivity contribution in [3.8, 4) is 17.1 Å². The number of hydrogen-bond acceptors (Lipinski definition) is 5. The minimum atomic E-state index is -0.208. The topological polar surface area (TPSA) is 75.3 Å². The molecule has 0 amide bonds. The highest BCUT2D eigenvalue weighted by Crippen LogP contribution is 2.31. The number of rotatable bonds is 4. The minimum Gasteiger partial charge on any atom is -0.393 e. The van der Waals surface area contributed by atoms with Gasteiger partial charge >= 0.3 is 0 Å². The number of aryl methyl sites for hydroxylation is 1. The van der Waals surface area contributed by atoms with Crippen LogP contribution in [-0.4, -0.2) is 31.8 Å². The van der Waals surface area contributed by atoms with E-state index in [1.165, 1.54) is 5.56 Å². The van der Waals surface area contributed by atoms with E-state index in [1.807, 2.05) is 24.4 Å². The van der Waals surface area contributed by atoms with Gasteiger partial charge in [0.1, 0.15) is 0 Å². The Hall–Kier alpha value is -4.03. The second kappa shape index (κ2) is 9.55. The Labute approximate surface area is 210 Å². The zero-order valence-electron chi connectivity index (χ0n) is 20.3. The molecule has 0 unspecified atom stereocenters. The smallest absolute Gasteiger partial charge is 0.0900 e. The van der Waals surface area contributed by atoms with Crippen LogP contribution in [0, 0.1) is 6.92 Å². The van der Waals surface area contributed by atoms with Crippen molar-refractivity contribution >= 4 is 22.4 Å². The van der Waals surface area contributed by atoms with E-state index in [2.05, 4.69) is 76.4 Å². The lowest BCUT2D eigenvalue weighted by Gasteiger charge is -2.23. The van der Waals surface area contributed by atoms with E-state index in [9.17, 15) is 5.11 Å². The summed E-state index contributed by atoms with van der Waals surface area (Å²) in [6.07, 6.45) is 6.73. The second-order valence-electron chi connectivity index (χ2n) is 9.59. The van der Waals surface area contributed by atoms with Gasteiger partial charge in [-0.2, -0.15) is 0 Å². The Kier molecular flexibility index (Phi) is 5.95. The SMILES string of the molecule is Cc1ccc(-n2c3cc(=NC4CCC(O)CC4)c(Nc4cccnc4)cc-3nc3ccccc32)cc1. The van der Waals surface area contributed by atoms with E-state index >= 15 is 0 Å². The molecule has 36 heavy (non-hydrogen) atoms. The third-order valence-electron chi connectivity index (χ3n) is 6.92. The Morgan fingerprint density at radius 3 is 2.53 bits per heavy atom. The molecule has 180 valence electrons. The molecular weight excluding hydrogens is 446 g/mol. The first-order valence-electron chi connectivity index (χ1n) is 12.6. The largest absolute Gasteiger partial charge is 0.393 e. The molecule has 2 aromatic carbocycles. The summed E-state index contributed by atoms with van der Waals surface area (Å²) in [5.74, 6) is 0. The van der Waals surface area contributed by atoms with Gasteiger partial charge in [0, 0.05) is 11.9 Å². The summed E-state index contributed by atoms with van der Waals surface area (Å²) < 4.78 is 2.27. The quantitative estimate of drug-likeness (QED) is 0.323. The summed E-state index contributed by atoms with van der Waals surface area (Å²) in [7, 11) is 0. The van der Waals surface area contributed by atoms with Crippen molar-refractivity contribution in [3.05, 3.63) is 96.1 Å². The minimum absolute atomic E-state index is 0.182. The molecule has 1 fully saturated rings. The molecule has 0 bridgehead atoms. The molecule has 3 aromatic rings. The molecular formula is C30H29N5O. The summed E-state index contributed by atoms with van der Waals surface area (Å²) in [5.41, 5.74) is 7.99. The fraction of sp³-hybridized carbons (Fsp3) is 0.233. The van der Waals surface area contributed by atoms with E-state index in [-0.39, 0.29) is 12.1 Å². The van der Waals surface area contributed by atoms with Crippen LogP contribution >= 0.6 is 0 Å². The molecule has 1 saturated carbocycles. The van der Waals surface area contributed by atoms with Gasteiger partial charge in [0.15, 0.2) is 0 Å². The zero-order chi connectivity index (χ0) is 24.5. The highest BCUT2D eigenvalue weighted by molar-refractivity contribution is 5.84. The number of aromatic nitrogens is 3. The van der Waals surface area contributed by atoms with E-state index in [0.717, 1.165) is 70.5 Å². The fourth-order valence-corrected chi connectivity index (χ4v) is 5.00. The van der Waals surface area contributed by atoms with Crippen LogP contribution in [0.25, 0.3) is 28.1 Å². The molecule has 6 rings (SSSR count). The zero-order valence-corrected chi connectivity index (χ0v) is 20.3. The molecule has 0 atom stereocenters. The van der Waals surface area contributed by atoms with Crippen LogP contribution in [0.1, 0.15) is 31.2 Å². The molecule has 2 N–H and O–H groups in total. The van der Waals surface area contributed by atoms with Crippen LogP contribution in [0.15, 0.2) is 90.2 Å². The number of nitrogens with one attached hydrogen (secondary N) is 1. The number of fused-ring (bicyclic) bond motifs is 2. The summed E-state index contributed by atoms with van der Waals surface area (Å²) in [4.78, 5) is 14.5. The van der Waals surface area contributed by atoms with Gasteiger partial charge in [-0.25, -0.2) is 4.98 Å². The van der Waals surface area contributed by atoms with Gasteiger partial charge in [0.2, 0.25) is 0 Å². The standard InChI is InChI=1S/C30H29N5O/c1-20-8-12-23(13-9-20)35-29-7-3-2-6-25(29)34-28-17-26(33-22-5-4-16-31-19-22)27(18-30(28)35)32-21-10-14-24(36)15-11-21/h2-9,12-13,16-19,21,24,33,36H,10-11,14-15H2,1H3. The van der Waals surface area contributed by atoms with E-state index in [0.29, 0.717) is 0 Å². The molecule has 6 heteroatoms. The number of hydrogen-bond donors (Lipinski definition) is 2. The molecule has 2 aliphatic carbocycles. The van der Waals surface area contributed by atoms with Gasteiger partial charge in [0.25, 0.3) is 0 Å². The third kappa shape index (κ3) is 4.48. The van der Waals surface area contributed by atoms with Crippen molar-refractivity contribution < 1.29 is 5.11 Å². The van der Waals surface area contributed by atoms with Crippen LogP contribution in [0.4, 0.5) is 11.4 Å². The molecule has 3 aliphatic rings. The highest BCUT2D eigenvalue weighted by atomic mass is 16.3. The number of nitrogens with zero attached hydrogens (tertiary/aromatic N) is 4. The first-order chi connectivity index (χ1) is 17.6. The average Bonchev–Trinajstić information content (AvgIpc) is 2.90. The number of aliphatic hydroxyl groups excluding tert-OH is 1. The van der Waals surface area contributed by atoms with E-state index in [4.69, 9.17) is 9.98 Å².